The van der Waals surface area contributed by atoms with Crippen LogP contribution in [0, 0.1) is 0 Å². The van der Waals surface area contributed by atoms with Crippen LogP contribution in [0.5, 0.6) is 5.75 Å². The van der Waals surface area contributed by atoms with E-state index in [0.29, 0.717) is 21.2 Å². The molecule has 2 aliphatic rings. The van der Waals surface area contributed by atoms with Crippen LogP contribution in [0.3, 0.4) is 0 Å². The fourth-order valence-corrected chi connectivity index (χ4v) is 5.32. The first-order valence-electron chi connectivity index (χ1n) is 10.1. The predicted octanol–water partition coefficient (Wildman–Crippen LogP) is 3.29. The van der Waals surface area contributed by atoms with Crippen LogP contribution in [0.4, 0.5) is 0 Å². The van der Waals surface area contributed by atoms with Gasteiger partial charge in [0, 0.05) is 6.07 Å². The SMILES string of the molecule is COc1cc(C(C)C)c2c(c1)S(=O)(=O)N(COC1=C(c3ccccc3)C(=O)OC1C)C2=O. The summed E-state index contributed by atoms with van der Waals surface area (Å²) < 4.78 is 43.3. The van der Waals surface area contributed by atoms with Crippen molar-refractivity contribution < 1.29 is 32.2 Å². The Bertz CT molecular complexity index is 1230. The zero-order chi connectivity index (χ0) is 23.2. The molecule has 1 unspecified atom stereocenters. The van der Waals surface area contributed by atoms with Crippen LogP contribution in [0.1, 0.15) is 48.2 Å². The second-order valence-corrected chi connectivity index (χ2v) is 9.66. The molecule has 0 fully saturated rings. The first-order chi connectivity index (χ1) is 15.2. The van der Waals surface area contributed by atoms with Gasteiger partial charge in [0.15, 0.2) is 18.6 Å². The Balaban J connectivity index is 1.71. The van der Waals surface area contributed by atoms with Crippen molar-refractivity contribution in [3.63, 3.8) is 0 Å². The van der Waals surface area contributed by atoms with Crippen molar-refractivity contribution in [2.24, 2.45) is 0 Å². The van der Waals surface area contributed by atoms with Gasteiger partial charge in [-0.25, -0.2) is 13.2 Å². The Labute approximate surface area is 186 Å². The molecule has 32 heavy (non-hydrogen) atoms. The number of carbonyl (C=O) groups is 2. The molecule has 9 heteroatoms. The molecule has 0 aliphatic carbocycles. The molecule has 0 N–H and O–H groups in total. The quantitative estimate of drug-likeness (QED) is 0.614. The molecule has 0 bridgehead atoms. The number of fused-ring (bicyclic) bond motifs is 1. The Hall–Kier alpha value is -3.33. The zero-order valence-electron chi connectivity index (χ0n) is 18.1. The third-order valence-corrected chi connectivity index (χ3v) is 7.20. The van der Waals surface area contributed by atoms with Gasteiger partial charge in [-0.3, -0.25) is 4.79 Å². The Kier molecular flexibility index (Phi) is 5.46. The summed E-state index contributed by atoms with van der Waals surface area (Å²) in [7, 11) is -2.72. The lowest BCUT2D eigenvalue weighted by molar-refractivity contribution is -0.138. The maximum absolute atomic E-state index is 13.2. The van der Waals surface area contributed by atoms with Crippen molar-refractivity contribution >= 4 is 27.5 Å². The van der Waals surface area contributed by atoms with E-state index >= 15 is 0 Å². The number of esters is 1. The molecule has 168 valence electrons. The standard InChI is InChI=1S/C23H23NO7S/c1-13(2)17-10-16(29-4)11-18-20(17)22(25)24(32(18,27)28)12-30-21-14(3)31-23(26)19(21)15-8-6-5-7-9-15/h5-11,13-14H,12H2,1-4H3. The minimum atomic E-state index is -4.16. The molecule has 2 heterocycles. The molecule has 0 saturated heterocycles. The zero-order valence-corrected chi connectivity index (χ0v) is 18.9. The summed E-state index contributed by atoms with van der Waals surface area (Å²) in [5.74, 6) is -0.812. The van der Waals surface area contributed by atoms with Gasteiger partial charge < -0.3 is 14.2 Å². The van der Waals surface area contributed by atoms with E-state index in [-0.39, 0.29) is 27.7 Å². The van der Waals surface area contributed by atoms with Crippen molar-refractivity contribution in [3.8, 4) is 5.75 Å². The highest BCUT2D eigenvalue weighted by atomic mass is 32.2. The maximum atomic E-state index is 13.2. The number of carbonyl (C=O) groups excluding carboxylic acids is 2. The van der Waals surface area contributed by atoms with Gasteiger partial charge in [-0.2, -0.15) is 4.31 Å². The molecule has 1 amide bonds. The number of cyclic esters (lactones) is 1. The second-order valence-electron chi connectivity index (χ2n) is 7.83. The van der Waals surface area contributed by atoms with Crippen LogP contribution >= 0.6 is 0 Å². The minimum absolute atomic E-state index is 0.105. The third-order valence-electron chi connectivity index (χ3n) is 5.48. The average Bonchev–Trinajstić information content (AvgIpc) is 3.15. The van der Waals surface area contributed by atoms with Crippen LogP contribution in [-0.4, -0.2) is 44.5 Å². The van der Waals surface area contributed by atoms with Gasteiger partial charge in [0.05, 0.1) is 12.7 Å². The second kappa shape index (κ2) is 7.98. The highest BCUT2D eigenvalue weighted by Gasteiger charge is 2.45. The number of rotatable bonds is 6. The summed E-state index contributed by atoms with van der Waals surface area (Å²) in [4.78, 5) is 25.4. The summed E-state index contributed by atoms with van der Waals surface area (Å²) in [5, 5.41) is 0. The molecule has 0 spiro atoms. The van der Waals surface area contributed by atoms with Gasteiger partial charge in [0.1, 0.15) is 16.2 Å². The van der Waals surface area contributed by atoms with E-state index in [4.69, 9.17) is 14.2 Å². The molecular formula is C23H23NO7S. The highest BCUT2D eigenvalue weighted by Crippen LogP contribution is 2.39. The largest absolute Gasteiger partial charge is 0.497 e. The van der Waals surface area contributed by atoms with Crippen molar-refractivity contribution in [3.05, 3.63) is 64.9 Å². The summed E-state index contributed by atoms with van der Waals surface area (Å²) in [6, 6.07) is 11.8. The molecule has 0 saturated carbocycles. The number of benzene rings is 2. The Morgan fingerprint density at radius 1 is 1.12 bits per heavy atom. The first-order valence-corrected chi connectivity index (χ1v) is 11.5. The molecule has 2 aromatic carbocycles. The predicted molar refractivity (Wildman–Crippen MR) is 115 cm³/mol. The first kappa shape index (κ1) is 21.9. The van der Waals surface area contributed by atoms with Crippen LogP contribution in [-0.2, 0) is 24.3 Å². The molecule has 4 rings (SSSR count). The van der Waals surface area contributed by atoms with Crippen LogP contribution in [0.2, 0.25) is 0 Å². The summed E-state index contributed by atoms with van der Waals surface area (Å²) in [6.45, 7) is 4.78. The number of sulfonamides is 1. The van der Waals surface area contributed by atoms with Crippen LogP contribution in [0.15, 0.2) is 53.1 Å². The molecular weight excluding hydrogens is 434 g/mol. The van der Waals surface area contributed by atoms with E-state index in [2.05, 4.69) is 0 Å². The fraction of sp³-hybridized carbons (Fsp3) is 0.304. The van der Waals surface area contributed by atoms with E-state index in [1.807, 2.05) is 19.9 Å². The van der Waals surface area contributed by atoms with Crippen molar-refractivity contribution in [2.45, 2.75) is 37.7 Å². The van der Waals surface area contributed by atoms with Crippen molar-refractivity contribution in [1.29, 1.82) is 0 Å². The smallest absolute Gasteiger partial charge is 0.343 e. The Morgan fingerprint density at radius 3 is 2.44 bits per heavy atom. The van der Waals surface area contributed by atoms with Crippen molar-refractivity contribution in [1.82, 2.24) is 4.31 Å². The number of hydrogen-bond acceptors (Lipinski definition) is 7. The lowest BCUT2D eigenvalue weighted by atomic mass is 9.96. The number of methoxy groups -OCH3 is 1. The van der Waals surface area contributed by atoms with E-state index < -0.39 is 34.7 Å². The summed E-state index contributed by atoms with van der Waals surface area (Å²) in [5.41, 5.74) is 1.49. The molecule has 0 aromatic heterocycles. The van der Waals surface area contributed by atoms with Gasteiger partial charge >= 0.3 is 5.97 Å². The summed E-state index contributed by atoms with van der Waals surface area (Å²) >= 11 is 0. The molecule has 2 aliphatic heterocycles. The van der Waals surface area contributed by atoms with Gasteiger partial charge in [-0.05, 0) is 30.0 Å². The van der Waals surface area contributed by atoms with Crippen LogP contribution in [0.25, 0.3) is 5.57 Å². The van der Waals surface area contributed by atoms with Crippen LogP contribution < -0.4 is 4.74 Å². The summed E-state index contributed by atoms with van der Waals surface area (Å²) in [6.07, 6.45) is -0.716. The van der Waals surface area contributed by atoms with Gasteiger partial charge in [-0.1, -0.05) is 44.2 Å². The fourth-order valence-electron chi connectivity index (χ4n) is 3.86. The number of nitrogens with zero attached hydrogens (tertiary/aromatic N) is 1. The van der Waals surface area contributed by atoms with Gasteiger partial charge in [-0.15, -0.1) is 0 Å². The third kappa shape index (κ3) is 3.42. The molecule has 1 atom stereocenters. The topological polar surface area (TPSA) is 99.2 Å². The van der Waals surface area contributed by atoms with E-state index in [9.17, 15) is 18.0 Å². The number of hydrogen-bond donors (Lipinski definition) is 0. The van der Waals surface area contributed by atoms with Crippen molar-refractivity contribution in [2.75, 3.05) is 13.8 Å². The minimum Gasteiger partial charge on any atom is -0.497 e. The monoisotopic (exact) mass is 457 g/mol. The van der Waals surface area contributed by atoms with E-state index in [1.54, 1.807) is 37.3 Å². The van der Waals surface area contributed by atoms with Gasteiger partial charge in [0.25, 0.3) is 15.9 Å². The molecule has 0 radical (unpaired) electrons. The maximum Gasteiger partial charge on any atom is 0.343 e. The lowest BCUT2D eigenvalue weighted by Gasteiger charge is -2.18. The Morgan fingerprint density at radius 2 is 1.81 bits per heavy atom. The average molecular weight is 458 g/mol. The number of amides is 1. The number of ether oxygens (including phenoxy) is 3. The van der Waals surface area contributed by atoms with Gasteiger partial charge in [0.2, 0.25) is 0 Å². The molecule has 2 aromatic rings. The van der Waals surface area contributed by atoms with E-state index in [0.717, 1.165) is 0 Å². The lowest BCUT2D eigenvalue weighted by Crippen LogP contribution is -2.33. The highest BCUT2D eigenvalue weighted by molar-refractivity contribution is 7.90. The van der Waals surface area contributed by atoms with E-state index in [1.165, 1.54) is 13.2 Å². The molecule has 8 nitrogen and oxygen atoms in total. The normalized spacial score (nSPS) is 19.4.